The van der Waals surface area contributed by atoms with Gasteiger partial charge in [-0.05, 0) is 52.8 Å². The van der Waals surface area contributed by atoms with Crippen molar-refractivity contribution in [2.45, 2.75) is 52.8 Å². The van der Waals surface area contributed by atoms with Gasteiger partial charge < -0.3 is 20.7 Å². The van der Waals surface area contributed by atoms with Crippen LogP contribution >= 0.6 is 0 Å². The number of carbonyl (C=O) groups excluding carboxylic acids is 3. The molecule has 3 amide bonds. The number of hydrogen-bond acceptors (Lipinski definition) is 4. The van der Waals surface area contributed by atoms with E-state index in [1.807, 2.05) is 27.7 Å². The molecule has 0 fully saturated rings. The molecule has 7 nitrogen and oxygen atoms in total. The van der Waals surface area contributed by atoms with E-state index < -0.39 is 18.1 Å². The second-order valence-corrected chi connectivity index (χ2v) is 6.05. The minimum atomic E-state index is -0.907. The smallest absolute Gasteiger partial charge is 0.338 e. The quantitative estimate of drug-likeness (QED) is 0.779. The van der Waals surface area contributed by atoms with Gasteiger partial charge in [0, 0.05) is 17.8 Å². The van der Waals surface area contributed by atoms with E-state index in [2.05, 4.69) is 5.32 Å². The molecule has 1 rings (SSSR count). The van der Waals surface area contributed by atoms with Crippen LogP contribution < -0.4 is 11.1 Å². The van der Waals surface area contributed by atoms with E-state index in [1.54, 1.807) is 24.0 Å². The summed E-state index contributed by atoms with van der Waals surface area (Å²) in [5.41, 5.74) is 5.65. The highest BCUT2D eigenvalue weighted by Crippen LogP contribution is 2.14. The largest absolute Gasteiger partial charge is 0.449 e. The van der Waals surface area contributed by atoms with Gasteiger partial charge in [0.25, 0.3) is 5.91 Å². The number of benzene rings is 1. The van der Waals surface area contributed by atoms with E-state index in [4.69, 9.17) is 10.5 Å². The van der Waals surface area contributed by atoms with Crippen LogP contribution in [0.4, 0.5) is 10.5 Å². The average Bonchev–Trinajstić information content (AvgIpc) is 2.45. The highest BCUT2D eigenvalue weighted by molar-refractivity contribution is 5.95. The molecular weight excluding hydrogens is 310 g/mol. The number of hydrogen-bond donors (Lipinski definition) is 2. The predicted octanol–water partition coefficient (Wildman–Crippen LogP) is 2.37. The van der Waals surface area contributed by atoms with Gasteiger partial charge in [-0.25, -0.2) is 9.59 Å². The number of ether oxygens (including phenoxy) is 1. The van der Waals surface area contributed by atoms with E-state index >= 15 is 0 Å². The number of carbonyl (C=O) groups is 3. The Morgan fingerprint density at radius 2 is 1.67 bits per heavy atom. The Hall–Kier alpha value is -2.57. The lowest BCUT2D eigenvalue weighted by molar-refractivity contribution is -0.143. The molecule has 0 unspecified atom stereocenters. The molecule has 0 heterocycles. The molecule has 0 aliphatic heterocycles. The maximum absolute atomic E-state index is 12.5. The summed E-state index contributed by atoms with van der Waals surface area (Å²) >= 11 is 0. The molecule has 0 aromatic heterocycles. The third-order valence-corrected chi connectivity index (χ3v) is 3.36. The first kappa shape index (κ1) is 19.5. The highest BCUT2D eigenvalue weighted by atomic mass is 16.5. The third-order valence-electron chi connectivity index (χ3n) is 3.36. The monoisotopic (exact) mass is 335 g/mol. The molecule has 0 spiro atoms. The number of amides is 3. The Labute approximate surface area is 142 Å². The summed E-state index contributed by atoms with van der Waals surface area (Å²) in [5.74, 6) is -0.892. The normalized spacial score (nSPS) is 12.0. The Morgan fingerprint density at radius 3 is 2.17 bits per heavy atom. The molecule has 7 heteroatoms. The number of esters is 1. The van der Waals surface area contributed by atoms with Gasteiger partial charge in [0.2, 0.25) is 0 Å². The van der Waals surface area contributed by atoms with Gasteiger partial charge in [-0.15, -0.1) is 0 Å². The summed E-state index contributed by atoms with van der Waals surface area (Å²) in [5, 5.41) is 2.38. The fourth-order valence-electron chi connectivity index (χ4n) is 2.46. The van der Waals surface area contributed by atoms with E-state index in [0.717, 1.165) is 0 Å². The molecule has 1 aromatic carbocycles. The zero-order valence-electron chi connectivity index (χ0n) is 14.7. The lowest BCUT2D eigenvalue weighted by atomic mass is 10.2. The first-order valence-electron chi connectivity index (χ1n) is 7.83. The molecule has 132 valence electrons. The van der Waals surface area contributed by atoms with Gasteiger partial charge in [0.1, 0.15) is 0 Å². The zero-order chi connectivity index (χ0) is 18.4. The predicted molar refractivity (Wildman–Crippen MR) is 91.6 cm³/mol. The first-order chi connectivity index (χ1) is 11.1. The van der Waals surface area contributed by atoms with Crippen molar-refractivity contribution in [3.05, 3.63) is 29.8 Å². The molecule has 0 saturated carbocycles. The van der Waals surface area contributed by atoms with Crippen LogP contribution in [0.25, 0.3) is 0 Å². The SMILES string of the molecule is CC(C)N(C(=O)[C@H](C)OC(=O)c1cccc(NC(N)=O)c1)C(C)C. The number of primary amides is 1. The van der Waals surface area contributed by atoms with Gasteiger partial charge in [-0.1, -0.05) is 6.07 Å². The molecular formula is C17H25N3O4. The van der Waals surface area contributed by atoms with Gasteiger partial charge >= 0.3 is 12.0 Å². The van der Waals surface area contributed by atoms with Gasteiger partial charge in [0.15, 0.2) is 6.10 Å². The lowest BCUT2D eigenvalue weighted by Gasteiger charge is -2.32. The Bertz CT molecular complexity index is 606. The van der Waals surface area contributed by atoms with Crippen molar-refractivity contribution >= 4 is 23.6 Å². The first-order valence-corrected chi connectivity index (χ1v) is 7.83. The highest BCUT2D eigenvalue weighted by Gasteiger charge is 2.28. The summed E-state index contributed by atoms with van der Waals surface area (Å²) in [4.78, 5) is 37.2. The van der Waals surface area contributed by atoms with Crippen LogP contribution in [0, 0.1) is 0 Å². The van der Waals surface area contributed by atoms with Crippen molar-refractivity contribution < 1.29 is 19.1 Å². The van der Waals surface area contributed by atoms with Crippen molar-refractivity contribution in [1.29, 1.82) is 0 Å². The molecule has 0 bridgehead atoms. The molecule has 0 radical (unpaired) electrons. The summed E-state index contributed by atoms with van der Waals surface area (Å²) in [6, 6.07) is 5.43. The topological polar surface area (TPSA) is 102 Å². The van der Waals surface area contributed by atoms with Gasteiger partial charge in [-0.2, -0.15) is 0 Å². The Morgan fingerprint density at radius 1 is 1.08 bits per heavy atom. The third kappa shape index (κ3) is 5.26. The van der Waals surface area contributed by atoms with E-state index in [-0.39, 0.29) is 23.6 Å². The molecule has 24 heavy (non-hydrogen) atoms. The van der Waals surface area contributed by atoms with Crippen LogP contribution in [0.5, 0.6) is 0 Å². The van der Waals surface area contributed by atoms with Crippen LogP contribution in [-0.4, -0.2) is 41.0 Å². The summed E-state index contributed by atoms with van der Waals surface area (Å²) < 4.78 is 5.27. The van der Waals surface area contributed by atoms with Crippen molar-refractivity contribution in [1.82, 2.24) is 4.90 Å². The van der Waals surface area contributed by atoms with Crippen LogP contribution in [-0.2, 0) is 9.53 Å². The molecule has 1 atom stereocenters. The number of urea groups is 1. The second kappa shape index (κ2) is 8.33. The molecule has 1 aromatic rings. The number of nitrogens with two attached hydrogens (primary N) is 1. The van der Waals surface area contributed by atoms with Crippen molar-refractivity contribution in [3.8, 4) is 0 Å². The molecule has 0 saturated heterocycles. The Kier molecular flexibility index (Phi) is 6.76. The number of anilines is 1. The van der Waals surface area contributed by atoms with Crippen LogP contribution in [0.15, 0.2) is 24.3 Å². The molecule has 3 N–H and O–H groups in total. The van der Waals surface area contributed by atoms with Crippen molar-refractivity contribution in [3.63, 3.8) is 0 Å². The number of nitrogens with zero attached hydrogens (tertiary/aromatic N) is 1. The van der Waals surface area contributed by atoms with Crippen molar-refractivity contribution in [2.75, 3.05) is 5.32 Å². The summed E-state index contributed by atoms with van der Waals surface area (Å²) in [6.45, 7) is 9.18. The molecule has 0 aliphatic rings. The second-order valence-electron chi connectivity index (χ2n) is 6.05. The lowest BCUT2D eigenvalue weighted by Crippen LogP contribution is -2.47. The van der Waals surface area contributed by atoms with Gasteiger partial charge in [-0.3, -0.25) is 4.79 Å². The number of rotatable bonds is 6. The van der Waals surface area contributed by atoms with Crippen LogP contribution in [0.3, 0.4) is 0 Å². The van der Waals surface area contributed by atoms with Gasteiger partial charge in [0.05, 0.1) is 5.56 Å². The van der Waals surface area contributed by atoms with E-state index in [1.165, 1.54) is 12.1 Å². The maximum Gasteiger partial charge on any atom is 0.338 e. The fraction of sp³-hybridized carbons (Fsp3) is 0.471. The Balaban J connectivity index is 2.83. The minimum Gasteiger partial charge on any atom is -0.449 e. The fourth-order valence-corrected chi connectivity index (χ4v) is 2.46. The van der Waals surface area contributed by atoms with E-state index in [9.17, 15) is 14.4 Å². The summed E-state index contributed by atoms with van der Waals surface area (Å²) in [7, 11) is 0. The minimum absolute atomic E-state index is 0.00162. The summed E-state index contributed by atoms with van der Waals surface area (Å²) in [6.07, 6.45) is -0.907. The zero-order valence-corrected chi connectivity index (χ0v) is 14.7. The standard InChI is InChI=1S/C17H25N3O4/c1-10(2)20(11(3)4)15(21)12(5)24-16(22)13-7-6-8-14(9-13)19-17(18)23/h6-12H,1-5H3,(H3,18,19,23)/t12-/m0/s1. The average molecular weight is 335 g/mol. The number of nitrogens with one attached hydrogen (secondary N) is 1. The van der Waals surface area contributed by atoms with Crippen molar-refractivity contribution in [2.24, 2.45) is 5.73 Å². The van der Waals surface area contributed by atoms with Crippen LogP contribution in [0.1, 0.15) is 45.0 Å². The van der Waals surface area contributed by atoms with Crippen LogP contribution in [0.2, 0.25) is 0 Å². The van der Waals surface area contributed by atoms with E-state index in [0.29, 0.717) is 5.69 Å². The molecule has 0 aliphatic carbocycles. The maximum atomic E-state index is 12.5.